The molecule has 0 aliphatic carbocycles. The predicted octanol–water partition coefficient (Wildman–Crippen LogP) is 2.83. The average molecular weight is 206 g/mol. The number of benzene rings is 1. The van der Waals surface area contributed by atoms with E-state index in [-0.39, 0.29) is 5.82 Å². The van der Waals surface area contributed by atoms with E-state index in [2.05, 4.69) is 10.2 Å². The number of hydrogen-bond donors (Lipinski definition) is 0. The third kappa shape index (κ3) is 2.21. The molecule has 4 heteroatoms. The SMILES string of the molecule is CCCc1nnc(-c2ccc(F)cc2)o1. The van der Waals surface area contributed by atoms with Gasteiger partial charge in [-0.15, -0.1) is 10.2 Å². The zero-order valence-electron chi connectivity index (χ0n) is 8.40. The lowest BCUT2D eigenvalue weighted by Crippen LogP contribution is -1.80. The summed E-state index contributed by atoms with van der Waals surface area (Å²) in [5.41, 5.74) is 0.742. The zero-order valence-corrected chi connectivity index (χ0v) is 8.40. The van der Waals surface area contributed by atoms with E-state index in [4.69, 9.17) is 4.42 Å². The Morgan fingerprint density at radius 3 is 2.60 bits per heavy atom. The summed E-state index contributed by atoms with van der Waals surface area (Å²) in [7, 11) is 0. The van der Waals surface area contributed by atoms with Gasteiger partial charge in [0.1, 0.15) is 5.82 Å². The minimum absolute atomic E-state index is 0.271. The van der Waals surface area contributed by atoms with Crippen molar-refractivity contribution in [2.45, 2.75) is 19.8 Å². The molecule has 2 aromatic rings. The average Bonchev–Trinajstić information content (AvgIpc) is 2.68. The van der Waals surface area contributed by atoms with Crippen LogP contribution in [0.1, 0.15) is 19.2 Å². The third-order valence-electron chi connectivity index (χ3n) is 2.02. The van der Waals surface area contributed by atoms with Crippen LogP contribution in [-0.4, -0.2) is 10.2 Å². The van der Waals surface area contributed by atoms with E-state index in [0.29, 0.717) is 11.8 Å². The molecular formula is C11H11FN2O. The number of rotatable bonds is 3. The molecule has 0 unspecified atom stereocenters. The van der Waals surface area contributed by atoms with Crippen molar-refractivity contribution < 1.29 is 8.81 Å². The van der Waals surface area contributed by atoms with Gasteiger partial charge < -0.3 is 4.42 Å². The highest BCUT2D eigenvalue weighted by Gasteiger charge is 2.07. The van der Waals surface area contributed by atoms with Crippen molar-refractivity contribution in [2.24, 2.45) is 0 Å². The summed E-state index contributed by atoms with van der Waals surface area (Å²) in [4.78, 5) is 0. The molecular weight excluding hydrogens is 195 g/mol. The van der Waals surface area contributed by atoms with Crippen molar-refractivity contribution in [1.82, 2.24) is 10.2 Å². The Bertz CT molecular complexity index is 436. The Morgan fingerprint density at radius 2 is 1.93 bits per heavy atom. The van der Waals surface area contributed by atoms with Crippen LogP contribution in [-0.2, 0) is 6.42 Å². The van der Waals surface area contributed by atoms with Crippen LogP contribution in [0.2, 0.25) is 0 Å². The van der Waals surface area contributed by atoms with Gasteiger partial charge in [-0.05, 0) is 30.7 Å². The lowest BCUT2D eigenvalue weighted by molar-refractivity contribution is 0.502. The minimum Gasteiger partial charge on any atom is -0.421 e. The Labute approximate surface area is 87.0 Å². The van der Waals surface area contributed by atoms with Crippen molar-refractivity contribution in [1.29, 1.82) is 0 Å². The molecule has 0 aliphatic rings. The molecule has 15 heavy (non-hydrogen) atoms. The molecule has 3 nitrogen and oxygen atoms in total. The van der Waals surface area contributed by atoms with E-state index >= 15 is 0 Å². The quantitative estimate of drug-likeness (QED) is 0.775. The first kappa shape index (κ1) is 9.83. The summed E-state index contributed by atoms with van der Waals surface area (Å²) in [6.07, 6.45) is 1.74. The summed E-state index contributed by atoms with van der Waals surface area (Å²) in [5.74, 6) is 0.794. The maximum Gasteiger partial charge on any atom is 0.247 e. The van der Waals surface area contributed by atoms with Gasteiger partial charge in [0, 0.05) is 12.0 Å². The third-order valence-corrected chi connectivity index (χ3v) is 2.02. The molecule has 0 saturated heterocycles. The van der Waals surface area contributed by atoms with Crippen molar-refractivity contribution in [3.63, 3.8) is 0 Å². The van der Waals surface area contributed by atoms with Crippen LogP contribution in [0.25, 0.3) is 11.5 Å². The van der Waals surface area contributed by atoms with Gasteiger partial charge in [-0.2, -0.15) is 0 Å². The molecule has 78 valence electrons. The number of hydrogen-bond acceptors (Lipinski definition) is 3. The second kappa shape index (κ2) is 4.21. The summed E-state index contributed by atoms with van der Waals surface area (Å²) in [6, 6.07) is 6.00. The predicted molar refractivity (Wildman–Crippen MR) is 53.7 cm³/mol. The fourth-order valence-corrected chi connectivity index (χ4v) is 1.28. The van der Waals surface area contributed by atoms with Crippen LogP contribution < -0.4 is 0 Å². The minimum atomic E-state index is -0.271. The lowest BCUT2D eigenvalue weighted by Gasteiger charge is -1.93. The van der Waals surface area contributed by atoms with Crippen LogP contribution in [0.3, 0.4) is 0 Å². The molecule has 0 bridgehead atoms. The lowest BCUT2D eigenvalue weighted by atomic mass is 10.2. The van der Waals surface area contributed by atoms with E-state index in [0.717, 1.165) is 18.4 Å². The number of halogens is 1. The van der Waals surface area contributed by atoms with Crippen molar-refractivity contribution in [3.05, 3.63) is 36.0 Å². The van der Waals surface area contributed by atoms with Gasteiger partial charge in [-0.1, -0.05) is 6.92 Å². The fourth-order valence-electron chi connectivity index (χ4n) is 1.28. The molecule has 1 aromatic heterocycles. The van der Waals surface area contributed by atoms with Crippen molar-refractivity contribution in [2.75, 3.05) is 0 Å². The number of aryl methyl sites for hydroxylation is 1. The first-order valence-corrected chi connectivity index (χ1v) is 4.88. The summed E-state index contributed by atoms with van der Waals surface area (Å²) >= 11 is 0. The number of aromatic nitrogens is 2. The second-order valence-corrected chi connectivity index (χ2v) is 3.26. The first-order valence-electron chi connectivity index (χ1n) is 4.88. The normalized spacial score (nSPS) is 10.5. The van der Waals surface area contributed by atoms with Crippen molar-refractivity contribution in [3.8, 4) is 11.5 Å². The molecule has 0 radical (unpaired) electrons. The van der Waals surface area contributed by atoms with Crippen LogP contribution in [0.4, 0.5) is 4.39 Å². The highest BCUT2D eigenvalue weighted by Crippen LogP contribution is 2.18. The molecule has 0 atom stereocenters. The second-order valence-electron chi connectivity index (χ2n) is 3.26. The molecule has 1 aromatic carbocycles. The Balaban J connectivity index is 2.25. The van der Waals surface area contributed by atoms with Gasteiger partial charge in [0.15, 0.2) is 0 Å². The maximum absolute atomic E-state index is 12.7. The van der Waals surface area contributed by atoms with Gasteiger partial charge in [0.2, 0.25) is 11.8 Å². The maximum atomic E-state index is 12.7. The van der Waals surface area contributed by atoms with Crippen LogP contribution >= 0.6 is 0 Å². The molecule has 0 fully saturated rings. The smallest absolute Gasteiger partial charge is 0.247 e. The monoisotopic (exact) mass is 206 g/mol. The Morgan fingerprint density at radius 1 is 1.20 bits per heavy atom. The van der Waals surface area contributed by atoms with Gasteiger partial charge in [0.05, 0.1) is 0 Å². The van der Waals surface area contributed by atoms with E-state index < -0.39 is 0 Å². The van der Waals surface area contributed by atoms with E-state index in [1.165, 1.54) is 12.1 Å². The molecule has 0 aliphatic heterocycles. The van der Waals surface area contributed by atoms with E-state index in [1.54, 1.807) is 12.1 Å². The number of nitrogens with zero attached hydrogens (tertiary/aromatic N) is 2. The van der Waals surface area contributed by atoms with Gasteiger partial charge in [0.25, 0.3) is 0 Å². The van der Waals surface area contributed by atoms with Crippen LogP contribution in [0.5, 0.6) is 0 Å². The molecule has 0 amide bonds. The fraction of sp³-hybridized carbons (Fsp3) is 0.273. The summed E-state index contributed by atoms with van der Waals surface area (Å²) < 4.78 is 18.1. The van der Waals surface area contributed by atoms with E-state index in [9.17, 15) is 4.39 Å². The van der Waals surface area contributed by atoms with Gasteiger partial charge >= 0.3 is 0 Å². The molecule has 0 spiro atoms. The van der Waals surface area contributed by atoms with Crippen LogP contribution in [0, 0.1) is 5.82 Å². The van der Waals surface area contributed by atoms with Gasteiger partial charge in [-0.3, -0.25) is 0 Å². The Hall–Kier alpha value is -1.71. The first-order chi connectivity index (χ1) is 7.29. The Kier molecular flexibility index (Phi) is 2.76. The largest absolute Gasteiger partial charge is 0.421 e. The van der Waals surface area contributed by atoms with Crippen molar-refractivity contribution >= 4 is 0 Å². The topological polar surface area (TPSA) is 38.9 Å². The summed E-state index contributed by atoms with van der Waals surface area (Å²) in [6.45, 7) is 2.04. The van der Waals surface area contributed by atoms with E-state index in [1.807, 2.05) is 6.92 Å². The highest BCUT2D eigenvalue weighted by atomic mass is 19.1. The molecule has 2 rings (SSSR count). The zero-order chi connectivity index (χ0) is 10.7. The van der Waals surface area contributed by atoms with Crippen LogP contribution in [0.15, 0.2) is 28.7 Å². The molecule has 0 N–H and O–H groups in total. The van der Waals surface area contributed by atoms with Gasteiger partial charge in [-0.25, -0.2) is 4.39 Å². The standard InChI is InChI=1S/C11H11FN2O/c1-2-3-10-13-14-11(15-10)8-4-6-9(12)7-5-8/h4-7H,2-3H2,1H3. The highest BCUT2D eigenvalue weighted by molar-refractivity contribution is 5.51. The molecule has 1 heterocycles. The summed E-state index contributed by atoms with van der Waals surface area (Å²) in [5, 5.41) is 7.79. The molecule has 0 saturated carbocycles.